The van der Waals surface area contributed by atoms with Gasteiger partial charge in [0.15, 0.2) is 11.5 Å². The largest absolute Gasteiger partial charge is 0.422 e. The summed E-state index contributed by atoms with van der Waals surface area (Å²) in [5.41, 5.74) is 1.33. The summed E-state index contributed by atoms with van der Waals surface area (Å²) in [6.45, 7) is 5.07. The van der Waals surface area contributed by atoms with Gasteiger partial charge in [0.05, 0.1) is 17.3 Å². The summed E-state index contributed by atoms with van der Waals surface area (Å²) in [6.07, 6.45) is 0. The molecule has 240 valence electrons. The van der Waals surface area contributed by atoms with Crippen molar-refractivity contribution >= 4 is 55.1 Å². The van der Waals surface area contributed by atoms with E-state index in [4.69, 9.17) is 18.6 Å². The molecule has 11 nitrogen and oxygen atoms in total. The quantitative estimate of drug-likeness (QED) is 0.108. The van der Waals surface area contributed by atoms with Gasteiger partial charge in [0.2, 0.25) is 5.91 Å². The Bertz CT molecular complexity index is 2270. The van der Waals surface area contributed by atoms with Crippen molar-refractivity contribution in [1.29, 1.82) is 0 Å². The van der Waals surface area contributed by atoms with E-state index < -0.39 is 11.3 Å². The van der Waals surface area contributed by atoms with Crippen LogP contribution in [0.3, 0.4) is 0 Å². The van der Waals surface area contributed by atoms with Crippen LogP contribution in [-0.2, 0) is 11.3 Å². The van der Waals surface area contributed by atoms with Crippen LogP contribution < -0.4 is 26.3 Å². The van der Waals surface area contributed by atoms with Crippen LogP contribution in [0.15, 0.2) is 91.2 Å². The van der Waals surface area contributed by atoms with E-state index in [0.29, 0.717) is 49.9 Å². The van der Waals surface area contributed by atoms with Crippen LogP contribution in [0.5, 0.6) is 11.5 Å². The molecule has 4 aromatic carbocycles. The number of rotatable bonds is 8. The topological polar surface area (TPSA) is 118 Å². The number of fused-ring (bicyclic) bond motifs is 6. The maximum absolute atomic E-state index is 13.0. The van der Waals surface area contributed by atoms with Gasteiger partial charge in [-0.3, -0.25) is 19.5 Å². The second kappa shape index (κ2) is 12.5. The predicted molar refractivity (Wildman–Crippen MR) is 181 cm³/mol. The summed E-state index contributed by atoms with van der Waals surface area (Å²) in [6, 6.07) is 21.3. The molecule has 0 radical (unpaired) electrons. The maximum atomic E-state index is 13.0. The molecule has 0 bridgehead atoms. The molecule has 11 heteroatoms. The lowest BCUT2D eigenvalue weighted by Crippen LogP contribution is -2.43. The highest BCUT2D eigenvalue weighted by Crippen LogP contribution is 2.30. The highest BCUT2D eigenvalue weighted by molar-refractivity contribution is 6.07. The molecule has 7 rings (SSSR count). The third kappa shape index (κ3) is 6.41. The molecule has 6 aromatic rings. The van der Waals surface area contributed by atoms with Crippen LogP contribution in [0.1, 0.15) is 5.56 Å². The highest BCUT2D eigenvalue weighted by Gasteiger charge is 2.16. The molecule has 0 saturated carbocycles. The lowest BCUT2D eigenvalue weighted by molar-refractivity contribution is -0.116. The van der Waals surface area contributed by atoms with Crippen molar-refractivity contribution < 1.29 is 23.4 Å². The van der Waals surface area contributed by atoms with Gasteiger partial charge in [-0.1, -0.05) is 18.2 Å². The average molecular weight is 635 g/mol. The molecule has 0 aliphatic carbocycles. The van der Waals surface area contributed by atoms with Crippen LogP contribution in [0.25, 0.3) is 43.5 Å². The van der Waals surface area contributed by atoms with Crippen molar-refractivity contribution in [2.45, 2.75) is 6.54 Å². The third-order valence-electron chi connectivity index (χ3n) is 8.41. The molecule has 1 saturated heterocycles. The minimum Gasteiger partial charge on any atom is -0.422 e. The van der Waals surface area contributed by atoms with Gasteiger partial charge >= 0.3 is 11.3 Å². The molecule has 1 N–H and O–H groups in total. The van der Waals surface area contributed by atoms with Gasteiger partial charge in [-0.2, -0.15) is 0 Å². The first-order chi connectivity index (χ1) is 22.7. The van der Waals surface area contributed by atoms with Crippen molar-refractivity contribution in [3.8, 4) is 11.5 Å². The Morgan fingerprint density at radius 2 is 1.28 bits per heavy atom. The molecule has 1 aliphatic rings. The zero-order valence-corrected chi connectivity index (χ0v) is 26.4. The number of nitrogens with zero attached hydrogens (tertiary/aromatic N) is 3. The molecule has 2 aromatic heterocycles. The molecule has 1 amide bonds. The summed E-state index contributed by atoms with van der Waals surface area (Å²) in [7, 11) is 5.74. The zero-order chi connectivity index (χ0) is 32.7. The van der Waals surface area contributed by atoms with E-state index in [0.717, 1.165) is 49.1 Å². The van der Waals surface area contributed by atoms with Crippen molar-refractivity contribution in [3.63, 3.8) is 0 Å². The number of hydrogen-bond donors (Lipinski definition) is 1. The fourth-order valence-electron chi connectivity index (χ4n) is 6.00. The summed E-state index contributed by atoms with van der Waals surface area (Å²) in [5, 5.41) is 6.67. The average Bonchev–Trinajstić information content (AvgIpc) is 3.04. The maximum Gasteiger partial charge on any atom is 0.344 e. The Morgan fingerprint density at radius 1 is 0.723 bits per heavy atom. The number of anilines is 1. The second-order valence-corrected chi connectivity index (χ2v) is 12.3. The molecule has 0 spiro atoms. The molecular formula is C36H34N4O7. The number of piperazine rings is 1. The van der Waals surface area contributed by atoms with Crippen molar-refractivity contribution in [1.82, 2.24) is 14.7 Å². The number of nitrogens with one attached hydrogen (secondary N) is 1. The van der Waals surface area contributed by atoms with Crippen molar-refractivity contribution in [2.75, 3.05) is 59.2 Å². The van der Waals surface area contributed by atoms with Crippen LogP contribution in [0.2, 0.25) is 0 Å². The molecule has 0 atom stereocenters. The highest BCUT2D eigenvalue weighted by atomic mass is 17.2. The molecule has 1 fully saturated rings. The Balaban J connectivity index is 1.09. The van der Waals surface area contributed by atoms with Crippen molar-refractivity contribution in [2.24, 2.45) is 0 Å². The Labute approximate surface area is 269 Å². The van der Waals surface area contributed by atoms with Crippen LogP contribution in [0.4, 0.5) is 5.69 Å². The van der Waals surface area contributed by atoms with E-state index in [1.165, 1.54) is 0 Å². The Kier molecular flexibility index (Phi) is 8.10. The summed E-state index contributed by atoms with van der Waals surface area (Å²) in [5.74, 6) is 0.449. The van der Waals surface area contributed by atoms with E-state index in [9.17, 15) is 14.4 Å². The first-order valence-corrected chi connectivity index (χ1v) is 15.4. The summed E-state index contributed by atoms with van der Waals surface area (Å²) >= 11 is 0. The van der Waals surface area contributed by atoms with E-state index in [1.54, 1.807) is 67.5 Å². The number of carbonyl (C=O) groups excluding carboxylic acids is 1. The van der Waals surface area contributed by atoms with E-state index >= 15 is 0 Å². The van der Waals surface area contributed by atoms with Gasteiger partial charge in [-0.25, -0.2) is 9.59 Å². The number of likely N-dealkylation sites (N-methyl/N-ethyl adjacent to an activating group) is 2. The van der Waals surface area contributed by atoms with Gasteiger partial charge in [-0.05, 0) is 74.6 Å². The fraction of sp³-hybridized carbons (Fsp3) is 0.250. The van der Waals surface area contributed by atoms with Crippen molar-refractivity contribution in [3.05, 3.63) is 99.2 Å². The normalized spacial score (nSPS) is 14.4. The molecular weight excluding hydrogens is 600 g/mol. The predicted octanol–water partition coefficient (Wildman–Crippen LogP) is 4.83. The van der Waals surface area contributed by atoms with Gasteiger partial charge in [0, 0.05) is 66.7 Å². The van der Waals surface area contributed by atoms with Crippen LogP contribution >= 0.6 is 0 Å². The molecule has 47 heavy (non-hydrogen) atoms. The Hall–Kier alpha value is -5.23. The van der Waals surface area contributed by atoms with E-state index in [2.05, 4.69) is 28.2 Å². The van der Waals surface area contributed by atoms with Gasteiger partial charge in [0.1, 0.15) is 11.2 Å². The number of carbonyl (C=O) groups is 1. The van der Waals surface area contributed by atoms with E-state index in [1.807, 2.05) is 18.2 Å². The monoisotopic (exact) mass is 634 g/mol. The van der Waals surface area contributed by atoms with E-state index in [-0.39, 0.29) is 12.5 Å². The standard InChI is InChI=1S/C36H34N4O7/c1-38(2)21-34(41)37-23-5-9-27-29-11-7-25(19-33(29)45-36(43)31(27)17-23)47-46-24-6-10-28-26-8-4-22(20-40-14-12-39(3)13-15-40)16-30(26)35(42)44-32(28)18-24/h4-11,16-19H,12-15,20-21H2,1-3H3,(H,37,41). The number of hydrogen-bond acceptors (Lipinski definition) is 10. The zero-order valence-electron chi connectivity index (χ0n) is 26.4. The SMILES string of the molecule is CN(C)CC(=O)Nc1ccc2c(c1)c(=O)oc1cc(OOc3ccc4c(c3)oc(=O)c3cc(CN5CCN(C)CC5)ccc34)ccc12. The minimum atomic E-state index is -0.544. The molecule has 0 unspecified atom stereocenters. The molecule has 3 heterocycles. The minimum absolute atomic E-state index is 0.186. The van der Waals surface area contributed by atoms with Gasteiger partial charge in [0.25, 0.3) is 0 Å². The number of benzene rings is 4. The second-order valence-electron chi connectivity index (χ2n) is 12.3. The molecule has 1 aliphatic heterocycles. The first kappa shape index (κ1) is 30.4. The van der Waals surface area contributed by atoms with Crippen LogP contribution in [0, 0.1) is 0 Å². The third-order valence-corrected chi connectivity index (χ3v) is 8.41. The van der Waals surface area contributed by atoms with Gasteiger partial charge in [-0.15, -0.1) is 0 Å². The first-order valence-electron chi connectivity index (χ1n) is 15.4. The summed E-state index contributed by atoms with van der Waals surface area (Å²) < 4.78 is 11.3. The van der Waals surface area contributed by atoms with Crippen LogP contribution in [-0.4, -0.2) is 74.5 Å². The summed E-state index contributed by atoms with van der Waals surface area (Å²) in [4.78, 5) is 55.6. The van der Waals surface area contributed by atoms with Gasteiger partial charge < -0.3 is 24.0 Å². The smallest absolute Gasteiger partial charge is 0.344 e. The lowest BCUT2D eigenvalue weighted by atomic mass is 10.0. The number of amides is 1. The fourth-order valence-corrected chi connectivity index (χ4v) is 6.00. The Morgan fingerprint density at radius 3 is 1.87 bits per heavy atom. The lowest BCUT2D eigenvalue weighted by Gasteiger charge is -2.32.